The summed E-state index contributed by atoms with van der Waals surface area (Å²) in [4.78, 5) is 25.7. The van der Waals surface area contributed by atoms with E-state index in [-0.39, 0.29) is 5.97 Å². The van der Waals surface area contributed by atoms with Crippen molar-refractivity contribution >= 4 is 5.97 Å². The van der Waals surface area contributed by atoms with Crippen molar-refractivity contribution in [2.24, 2.45) is 0 Å². The molecule has 0 aromatic rings. The fourth-order valence-corrected chi connectivity index (χ4v) is 9.13. The number of esters is 1. The normalized spacial score (nSPS) is 13.9. The average molecular weight is 923 g/mol. The van der Waals surface area contributed by atoms with E-state index in [0.717, 1.165) is 111 Å². The van der Waals surface area contributed by atoms with E-state index in [4.69, 9.17) is 14.2 Å². The Morgan fingerprint density at radius 3 is 1.23 bits per heavy atom. The molecule has 388 valence electrons. The summed E-state index contributed by atoms with van der Waals surface area (Å²) >= 11 is 0. The number of nitrogens with zero attached hydrogens (tertiary/aromatic N) is 5. The summed E-state index contributed by atoms with van der Waals surface area (Å²) in [6.07, 6.45) is 39.7. The quantitative estimate of drug-likeness (QED) is 0.0438. The van der Waals surface area contributed by atoms with Gasteiger partial charge in [0.1, 0.15) is 0 Å². The molecule has 1 aliphatic heterocycles. The number of hydrogen-bond donors (Lipinski definition) is 0. The van der Waals surface area contributed by atoms with Gasteiger partial charge in [0.05, 0.1) is 19.9 Å². The maximum absolute atomic E-state index is 12.3. The minimum absolute atomic E-state index is 0.0485. The van der Waals surface area contributed by atoms with Crippen molar-refractivity contribution in [3.05, 3.63) is 0 Å². The number of carbonyl (C=O) groups is 1. The van der Waals surface area contributed by atoms with E-state index in [2.05, 4.69) is 59.1 Å². The third-order valence-electron chi connectivity index (χ3n) is 13.8. The highest BCUT2D eigenvalue weighted by Gasteiger charge is 2.19. The smallest absolute Gasteiger partial charge is 0.305 e. The molecule has 1 saturated heterocycles. The Balaban J connectivity index is 2.59. The highest BCUT2D eigenvalue weighted by molar-refractivity contribution is 5.69. The molecule has 0 saturated carbocycles. The molecule has 0 atom stereocenters. The van der Waals surface area contributed by atoms with Crippen LogP contribution in [0.25, 0.3) is 0 Å². The van der Waals surface area contributed by atoms with E-state index >= 15 is 0 Å². The Morgan fingerprint density at radius 2 is 0.723 bits per heavy atom. The number of piperazine rings is 1. The molecule has 0 amide bonds. The first kappa shape index (κ1) is 62.2. The lowest BCUT2D eigenvalue weighted by Crippen LogP contribution is -2.49. The molecule has 0 aliphatic carbocycles. The first-order chi connectivity index (χ1) is 32.1. The predicted octanol–water partition coefficient (Wildman–Crippen LogP) is 13.2. The van der Waals surface area contributed by atoms with Gasteiger partial charge in [0, 0.05) is 78.5 Å². The van der Waals surface area contributed by atoms with Gasteiger partial charge < -0.3 is 28.9 Å². The minimum Gasteiger partial charge on any atom is -0.466 e. The van der Waals surface area contributed by atoms with Crippen LogP contribution in [0.5, 0.6) is 0 Å². The lowest BCUT2D eigenvalue weighted by atomic mass is 10.1. The number of rotatable bonds is 52. The second-order valence-electron chi connectivity index (χ2n) is 19.9. The van der Waals surface area contributed by atoms with E-state index < -0.39 is 0 Å². The van der Waals surface area contributed by atoms with Crippen LogP contribution in [-0.4, -0.2) is 155 Å². The summed E-state index contributed by atoms with van der Waals surface area (Å²) in [5.41, 5.74) is 0. The summed E-state index contributed by atoms with van der Waals surface area (Å²) in [6.45, 7) is 31.1. The van der Waals surface area contributed by atoms with Crippen LogP contribution in [0.1, 0.15) is 234 Å². The van der Waals surface area contributed by atoms with Gasteiger partial charge in [-0.1, -0.05) is 176 Å². The van der Waals surface area contributed by atoms with Gasteiger partial charge in [0.25, 0.3) is 0 Å². The second-order valence-corrected chi connectivity index (χ2v) is 19.9. The minimum atomic E-state index is -0.0485. The van der Waals surface area contributed by atoms with Gasteiger partial charge in [-0.3, -0.25) is 14.6 Å². The maximum Gasteiger partial charge on any atom is 0.305 e. The molecule has 0 N–H and O–H groups in total. The van der Waals surface area contributed by atoms with E-state index in [1.165, 1.54) is 200 Å². The topological polar surface area (TPSA) is 61.0 Å². The van der Waals surface area contributed by atoms with Gasteiger partial charge in [-0.25, -0.2) is 0 Å². The first-order valence-corrected chi connectivity index (χ1v) is 29.0. The molecule has 0 aromatic carbocycles. The molecule has 1 heterocycles. The van der Waals surface area contributed by atoms with Crippen LogP contribution >= 0.6 is 0 Å². The SMILES string of the molecule is CCCCCCCCCN(CCCCCCCCC)CCN(CCCCCCCCC)CCN1CCN(COCCN(CCCCOCCCCC)CCCC(=O)OCCCCC)CC1. The third-order valence-corrected chi connectivity index (χ3v) is 13.8. The molecular formula is C56H115N5O4. The fourth-order valence-electron chi connectivity index (χ4n) is 9.13. The number of carbonyl (C=O) groups excluding carboxylic acids is 1. The summed E-state index contributed by atoms with van der Waals surface area (Å²) in [6, 6.07) is 0. The zero-order valence-corrected chi connectivity index (χ0v) is 44.7. The summed E-state index contributed by atoms with van der Waals surface area (Å²) in [5.74, 6) is -0.0485. The van der Waals surface area contributed by atoms with Crippen LogP contribution in [0, 0.1) is 0 Å². The van der Waals surface area contributed by atoms with Crippen molar-refractivity contribution in [1.82, 2.24) is 24.5 Å². The lowest BCUT2D eigenvalue weighted by molar-refractivity contribution is -0.144. The Hall–Kier alpha value is -0.810. The zero-order chi connectivity index (χ0) is 46.9. The molecule has 0 spiro atoms. The average Bonchev–Trinajstić information content (AvgIpc) is 3.32. The van der Waals surface area contributed by atoms with E-state index in [1.54, 1.807) is 0 Å². The van der Waals surface area contributed by atoms with Crippen LogP contribution in [0.2, 0.25) is 0 Å². The van der Waals surface area contributed by atoms with E-state index in [1.807, 2.05) is 0 Å². The van der Waals surface area contributed by atoms with Crippen molar-refractivity contribution in [3.63, 3.8) is 0 Å². The molecular weight excluding hydrogens is 807 g/mol. The summed E-state index contributed by atoms with van der Waals surface area (Å²) in [7, 11) is 0. The van der Waals surface area contributed by atoms with Crippen LogP contribution in [-0.2, 0) is 19.0 Å². The third kappa shape index (κ3) is 41.8. The monoisotopic (exact) mass is 922 g/mol. The van der Waals surface area contributed by atoms with Crippen LogP contribution in [0.15, 0.2) is 0 Å². The molecule has 0 unspecified atom stereocenters. The van der Waals surface area contributed by atoms with Gasteiger partial charge in [-0.2, -0.15) is 0 Å². The molecule has 1 aliphatic rings. The van der Waals surface area contributed by atoms with Crippen molar-refractivity contribution < 1.29 is 19.0 Å². The Kier molecular flexibility index (Phi) is 47.5. The second kappa shape index (κ2) is 49.6. The zero-order valence-electron chi connectivity index (χ0n) is 44.7. The van der Waals surface area contributed by atoms with Crippen molar-refractivity contribution in [2.75, 3.05) is 125 Å². The highest BCUT2D eigenvalue weighted by atomic mass is 16.5. The van der Waals surface area contributed by atoms with Gasteiger partial charge in [-0.15, -0.1) is 0 Å². The summed E-state index contributed by atoms with van der Waals surface area (Å²) < 4.78 is 17.7. The maximum atomic E-state index is 12.3. The molecule has 9 nitrogen and oxygen atoms in total. The molecule has 0 bridgehead atoms. The van der Waals surface area contributed by atoms with Gasteiger partial charge >= 0.3 is 5.97 Å². The van der Waals surface area contributed by atoms with Crippen molar-refractivity contribution in [2.45, 2.75) is 234 Å². The molecule has 0 aromatic heterocycles. The van der Waals surface area contributed by atoms with Crippen molar-refractivity contribution in [3.8, 4) is 0 Å². The Morgan fingerprint density at radius 1 is 0.354 bits per heavy atom. The van der Waals surface area contributed by atoms with E-state index in [9.17, 15) is 4.79 Å². The molecule has 0 radical (unpaired) electrons. The van der Waals surface area contributed by atoms with Gasteiger partial charge in [0.2, 0.25) is 0 Å². The molecule has 65 heavy (non-hydrogen) atoms. The Bertz CT molecular complexity index is 936. The fraction of sp³-hybridized carbons (Fsp3) is 0.982. The van der Waals surface area contributed by atoms with Crippen LogP contribution in [0.4, 0.5) is 0 Å². The number of unbranched alkanes of at least 4 members (excludes halogenated alkanes) is 23. The standard InChI is InChI=1S/C56H115N5O4/c1-6-11-16-19-22-25-28-37-57(38-29-26-23-20-17-12-7-2)42-43-59(39-30-27-24-21-18-13-8-3)44-45-60-46-48-61(49-47-60)55-64-54-50-58(40-31-34-52-63-51-32-14-9-4)41-35-36-56(62)65-53-33-15-10-5/h6-55H2,1-5H3. The van der Waals surface area contributed by atoms with Crippen LogP contribution in [0.3, 0.4) is 0 Å². The lowest BCUT2D eigenvalue weighted by Gasteiger charge is -2.36. The van der Waals surface area contributed by atoms with Crippen molar-refractivity contribution in [1.29, 1.82) is 0 Å². The summed E-state index contributed by atoms with van der Waals surface area (Å²) in [5, 5.41) is 0. The van der Waals surface area contributed by atoms with Crippen LogP contribution < -0.4 is 0 Å². The molecule has 9 heteroatoms. The van der Waals surface area contributed by atoms with Gasteiger partial charge in [-0.05, 0) is 84.1 Å². The van der Waals surface area contributed by atoms with Gasteiger partial charge in [0.15, 0.2) is 0 Å². The molecule has 1 fully saturated rings. The van der Waals surface area contributed by atoms with E-state index in [0.29, 0.717) is 13.0 Å². The predicted molar refractivity (Wildman–Crippen MR) is 281 cm³/mol. The number of ether oxygens (including phenoxy) is 3. The highest BCUT2D eigenvalue weighted by Crippen LogP contribution is 2.13. The molecule has 1 rings (SSSR count). The first-order valence-electron chi connectivity index (χ1n) is 29.0. The number of hydrogen-bond acceptors (Lipinski definition) is 9. The Labute approximate surface area is 406 Å². The largest absolute Gasteiger partial charge is 0.466 e.